The molecule has 238 valence electrons. The van der Waals surface area contributed by atoms with Crippen LogP contribution in [-0.2, 0) is 41.5 Å². The molecule has 4 atom stereocenters. The predicted octanol–water partition coefficient (Wildman–Crippen LogP) is 2.83. The third kappa shape index (κ3) is 9.20. The van der Waals surface area contributed by atoms with Crippen LogP contribution >= 0.6 is 0 Å². The van der Waals surface area contributed by atoms with Crippen LogP contribution in [-0.4, -0.2) is 93.5 Å². The molecule has 2 aliphatic rings. The Balaban J connectivity index is 1.50. The van der Waals surface area contributed by atoms with Crippen molar-refractivity contribution in [2.45, 2.75) is 51.2 Å². The van der Waals surface area contributed by atoms with Gasteiger partial charge in [0.15, 0.2) is 23.1 Å². The summed E-state index contributed by atoms with van der Waals surface area (Å²) < 4.78 is 21.6. The monoisotopic (exact) mass is 608 g/mol. The molecule has 2 aromatic carbocycles. The van der Waals surface area contributed by atoms with Crippen molar-refractivity contribution in [2.24, 2.45) is 11.8 Å². The van der Waals surface area contributed by atoms with Gasteiger partial charge in [-0.3, -0.25) is 24.1 Å². The van der Waals surface area contributed by atoms with E-state index in [1.807, 2.05) is 41.3 Å². The van der Waals surface area contributed by atoms with Gasteiger partial charge in [-0.1, -0.05) is 43.3 Å². The lowest BCUT2D eigenvalue weighted by molar-refractivity contribution is -0.134. The Labute approximate surface area is 259 Å². The van der Waals surface area contributed by atoms with Crippen LogP contribution in [0, 0.1) is 11.8 Å². The summed E-state index contributed by atoms with van der Waals surface area (Å²) >= 11 is 0. The highest BCUT2D eigenvalue weighted by molar-refractivity contribution is 5.97. The Bertz CT molecular complexity index is 1300. The van der Waals surface area contributed by atoms with Crippen molar-refractivity contribution < 1.29 is 38.1 Å². The number of benzene rings is 2. The highest BCUT2D eigenvalue weighted by atomic mass is 16.6. The number of methoxy groups -OCH3 is 2. The molecular weight excluding hydrogens is 564 g/mol. The minimum absolute atomic E-state index is 0.0384. The number of ketones is 3. The van der Waals surface area contributed by atoms with Gasteiger partial charge in [0, 0.05) is 37.8 Å². The SMILES string of the molecule is COc1ccc(CC(NC(=O)C(C)CC(=O)CN2CCOCC2)C(=O)CC(Cc2ccccc2)C(=O)C2(C)CO2)cc1OC. The van der Waals surface area contributed by atoms with Crippen LogP contribution in [0.1, 0.15) is 37.8 Å². The smallest absolute Gasteiger partial charge is 0.223 e. The fourth-order valence-electron chi connectivity index (χ4n) is 5.53. The van der Waals surface area contributed by atoms with Crippen molar-refractivity contribution in [1.29, 1.82) is 0 Å². The summed E-state index contributed by atoms with van der Waals surface area (Å²) in [5.74, 6) is -1.01. The molecular formula is C34H44N2O8. The molecule has 1 N–H and O–H groups in total. The molecule has 0 saturated carbocycles. The molecule has 10 heteroatoms. The van der Waals surface area contributed by atoms with Gasteiger partial charge in [0.25, 0.3) is 0 Å². The molecule has 0 radical (unpaired) electrons. The molecule has 0 spiro atoms. The van der Waals surface area contributed by atoms with Crippen molar-refractivity contribution in [3.8, 4) is 11.5 Å². The van der Waals surface area contributed by atoms with E-state index < -0.39 is 23.5 Å². The lowest BCUT2D eigenvalue weighted by atomic mass is 9.83. The third-order valence-electron chi connectivity index (χ3n) is 8.32. The van der Waals surface area contributed by atoms with E-state index in [4.69, 9.17) is 18.9 Å². The first-order chi connectivity index (χ1) is 21.1. The number of hydrogen-bond donors (Lipinski definition) is 1. The van der Waals surface area contributed by atoms with E-state index in [1.165, 1.54) is 7.11 Å². The first kappa shape index (κ1) is 33.3. The number of hydrogen-bond acceptors (Lipinski definition) is 9. The second kappa shape index (κ2) is 15.4. The zero-order valence-electron chi connectivity index (χ0n) is 26.1. The highest BCUT2D eigenvalue weighted by Gasteiger charge is 2.50. The van der Waals surface area contributed by atoms with Crippen LogP contribution < -0.4 is 14.8 Å². The Morgan fingerprint density at radius 1 is 0.932 bits per heavy atom. The van der Waals surface area contributed by atoms with E-state index in [0.29, 0.717) is 50.8 Å². The zero-order valence-corrected chi connectivity index (χ0v) is 26.1. The van der Waals surface area contributed by atoms with Gasteiger partial charge in [0.1, 0.15) is 11.4 Å². The first-order valence-electron chi connectivity index (χ1n) is 15.2. The molecule has 0 aromatic heterocycles. The molecule has 2 heterocycles. The first-order valence-corrected chi connectivity index (χ1v) is 15.2. The minimum atomic E-state index is -0.920. The number of epoxide rings is 1. The van der Waals surface area contributed by atoms with Crippen LogP contribution in [0.15, 0.2) is 48.5 Å². The number of nitrogens with zero attached hydrogens (tertiary/aromatic N) is 1. The summed E-state index contributed by atoms with van der Waals surface area (Å²) in [5, 5.41) is 2.91. The molecule has 2 aromatic rings. The van der Waals surface area contributed by atoms with Gasteiger partial charge in [-0.25, -0.2) is 0 Å². The van der Waals surface area contributed by atoms with Crippen molar-refractivity contribution in [3.63, 3.8) is 0 Å². The number of carbonyl (C=O) groups excluding carboxylic acids is 4. The van der Waals surface area contributed by atoms with Gasteiger partial charge in [0.2, 0.25) is 5.91 Å². The molecule has 1 amide bonds. The van der Waals surface area contributed by atoms with Crippen LogP contribution in [0.25, 0.3) is 0 Å². The van der Waals surface area contributed by atoms with Gasteiger partial charge in [-0.15, -0.1) is 0 Å². The Hall–Kier alpha value is -3.60. The summed E-state index contributed by atoms with van der Waals surface area (Å²) in [5.41, 5.74) is 0.800. The van der Waals surface area contributed by atoms with Crippen molar-refractivity contribution in [1.82, 2.24) is 10.2 Å². The average molecular weight is 609 g/mol. The minimum Gasteiger partial charge on any atom is -0.493 e. The van der Waals surface area contributed by atoms with Gasteiger partial charge < -0.3 is 24.3 Å². The standard InChI is InChI=1S/C34H44N2O8/c1-23(16-27(37)21-36-12-14-43-15-13-36)33(40)35-28(18-25-10-11-30(41-3)31(19-25)42-4)29(38)20-26(32(39)34(2)22-44-34)17-24-8-6-5-7-9-24/h5-11,19,23,26,28H,12-18,20-22H2,1-4H3,(H,35,40). The highest BCUT2D eigenvalue weighted by Crippen LogP contribution is 2.33. The summed E-state index contributed by atoms with van der Waals surface area (Å²) in [7, 11) is 3.07. The van der Waals surface area contributed by atoms with Crippen LogP contribution in [0.5, 0.6) is 11.5 Å². The van der Waals surface area contributed by atoms with Crippen molar-refractivity contribution in [2.75, 3.05) is 53.7 Å². The molecule has 4 unspecified atom stereocenters. The Kier molecular flexibility index (Phi) is 11.7. The quantitative estimate of drug-likeness (QED) is 0.270. The molecule has 44 heavy (non-hydrogen) atoms. The van der Waals surface area contributed by atoms with Gasteiger partial charge in [-0.2, -0.15) is 0 Å². The lowest BCUT2D eigenvalue weighted by Gasteiger charge is -2.26. The maximum Gasteiger partial charge on any atom is 0.223 e. The molecule has 0 bridgehead atoms. The number of amides is 1. The van der Waals surface area contributed by atoms with Gasteiger partial charge in [-0.05, 0) is 43.0 Å². The van der Waals surface area contributed by atoms with E-state index in [1.54, 1.807) is 33.1 Å². The van der Waals surface area contributed by atoms with Gasteiger partial charge in [0.05, 0.1) is 46.6 Å². The summed E-state index contributed by atoms with van der Waals surface area (Å²) in [6.07, 6.45) is 0.563. The largest absolute Gasteiger partial charge is 0.493 e. The molecule has 4 rings (SSSR count). The second-order valence-electron chi connectivity index (χ2n) is 11.9. The molecule has 2 fully saturated rings. The Morgan fingerprint density at radius 2 is 1.61 bits per heavy atom. The number of Topliss-reactive ketones (excluding diaryl/α,β-unsaturated/α-hetero) is 3. The maximum atomic E-state index is 14.0. The van der Waals surface area contributed by atoms with E-state index in [2.05, 4.69) is 5.32 Å². The van der Waals surface area contributed by atoms with Gasteiger partial charge >= 0.3 is 0 Å². The number of carbonyl (C=O) groups is 4. The maximum absolute atomic E-state index is 14.0. The van der Waals surface area contributed by atoms with Crippen molar-refractivity contribution >= 4 is 23.3 Å². The van der Waals surface area contributed by atoms with Crippen LogP contribution in [0.2, 0.25) is 0 Å². The number of ether oxygens (including phenoxy) is 4. The van der Waals surface area contributed by atoms with E-state index in [9.17, 15) is 19.2 Å². The zero-order chi connectivity index (χ0) is 31.7. The lowest BCUT2D eigenvalue weighted by Crippen LogP contribution is -2.46. The van der Waals surface area contributed by atoms with Crippen LogP contribution in [0.4, 0.5) is 0 Å². The molecule has 10 nitrogen and oxygen atoms in total. The summed E-state index contributed by atoms with van der Waals surface area (Å²) in [6.45, 7) is 6.56. The predicted molar refractivity (Wildman–Crippen MR) is 164 cm³/mol. The molecule has 0 aliphatic carbocycles. The Morgan fingerprint density at radius 3 is 2.25 bits per heavy atom. The second-order valence-corrected chi connectivity index (χ2v) is 11.9. The van der Waals surface area contributed by atoms with Crippen molar-refractivity contribution in [3.05, 3.63) is 59.7 Å². The van der Waals surface area contributed by atoms with Crippen LogP contribution in [0.3, 0.4) is 0 Å². The molecule has 2 aliphatic heterocycles. The average Bonchev–Trinajstić information content (AvgIpc) is 3.78. The number of rotatable bonds is 17. The summed E-state index contributed by atoms with van der Waals surface area (Å²) in [4.78, 5) is 55.6. The normalized spacial score (nSPS) is 20.2. The van der Waals surface area contributed by atoms with E-state index in [-0.39, 0.29) is 49.1 Å². The number of nitrogens with one attached hydrogen (secondary N) is 1. The topological polar surface area (TPSA) is 124 Å². The fraction of sp³-hybridized carbons (Fsp3) is 0.529. The van der Waals surface area contributed by atoms with E-state index >= 15 is 0 Å². The summed E-state index contributed by atoms with van der Waals surface area (Å²) in [6, 6.07) is 14.0. The van der Waals surface area contributed by atoms with E-state index in [0.717, 1.165) is 11.1 Å². The third-order valence-corrected chi connectivity index (χ3v) is 8.32. The fourth-order valence-corrected chi connectivity index (χ4v) is 5.53. The number of morpholine rings is 1. The molecule has 2 saturated heterocycles.